The summed E-state index contributed by atoms with van der Waals surface area (Å²) < 4.78 is 31.7. The Bertz CT molecular complexity index is 1480. The minimum Gasteiger partial charge on any atom is -0.445 e. The second kappa shape index (κ2) is 12.9. The Kier molecular flexibility index (Phi) is 8.69. The first-order valence-corrected chi connectivity index (χ1v) is 13.2. The second-order valence-corrected chi connectivity index (χ2v) is 9.67. The molecule has 2 aliphatic rings. The van der Waals surface area contributed by atoms with Crippen molar-refractivity contribution < 1.29 is 33.0 Å². The molecule has 216 valence electrons. The fourth-order valence-electron chi connectivity index (χ4n) is 4.63. The number of cyclic esters (lactones) is 1. The first kappa shape index (κ1) is 28.2. The summed E-state index contributed by atoms with van der Waals surface area (Å²) in [6.45, 7) is 0.304. The van der Waals surface area contributed by atoms with Gasteiger partial charge in [-0.3, -0.25) is 9.80 Å². The highest BCUT2D eigenvalue weighted by Gasteiger charge is 2.41. The molecule has 5 rings (SSSR count). The van der Waals surface area contributed by atoms with Crippen molar-refractivity contribution in [2.75, 3.05) is 36.0 Å². The van der Waals surface area contributed by atoms with E-state index >= 15 is 4.39 Å². The van der Waals surface area contributed by atoms with Gasteiger partial charge in [0.15, 0.2) is 0 Å². The van der Waals surface area contributed by atoms with Crippen molar-refractivity contribution in [3.05, 3.63) is 106 Å². The number of likely N-dealkylation sites (tertiary alicyclic amines) is 1. The average Bonchev–Trinajstić information content (AvgIpc) is 3.36. The van der Waals surface area contributed by atoms with Crippen LogP contribution in [-0.2, 0) is 27.4 Å². The monoisotopic (exact) mass is 574 g/mol. The summed E-state index contributed by atoms with van der Waals surface area (Å²) in [5.41, 5.74) is 10.2. The minimum atomic E-state index is -0.789. The molecule has 2 saturated heterocycles. The van der Waals surface area contributed by atoms with Gasteiger partial charge in [0.2, 0.25) is 0 Å². The predicted molar refractivity (Wildman–Crippen MR) is 149 cm³/mol. The summed E-state index contributed by atoms with van der Waals surface area (Å²) in [5.74, 6) is -0.777. The maximum atomic E-state index is 15.6. The molecule has 3 aromatic rings. The summed E-state index contributed by atoms with van der Waals surface area (Å²) in [6.07, 6.45) is -2.71. The highest BCUT2D eigenvalue weighted by atomic mass is 19.1. The van der Waals surface area contributed by atoms with Gasteiger partial charge >= 0.3 is 18.3 Å². The fourth-order valence-corrected chi connectivity index (χ4v) is 4.63. The van der Waals surface area contributed by atoms with Crippen LogP contribution in [-0.4, -0.2) is 61.5 Å². The number of azide groups is 1. The molecular weight excluding hydrogens is 547 g/mol. The van der Waals surface area contributed by atoms with E-state index in [1.54, 1.807) is 12.1 Å². The van der Waals surface area contributed by atoms with Crippen molar-refractivity contribution in [3.63, 3.8) is 0 Å². The third-order valence-electron chi connectivity index (χ3n) is 6.82. The van der Waals surface area contributed by atoms with Crippen molar-refractivity contribution in [3.8, 4) is 0 Å². The molecule has 3 amide bonds. The number of benzene rings is 3. The van der Waals surface area contributed by atoms with Crippen LogP contribution < -0.4 is 9.80 Å². The molecule has 0 bridgehead atoms. The smallest absolute Gasteiger partial charge is 0.415 e. The molecule has 2 heterocycles. The number of anilines is 2. The standard InChI is InChI=1S/C29H27FN6O6/c30-25-13-22(35-17-24(14-32-33-31)42-28(35)38)11-12-26(25)36(29(39)41-19-21-9-5-2-6-10-21)23-15-34(16-23)27(37)40-18-20-7-3-1-4-8-20/h1-13,23-24H,14-19H2/t24-/m0/s1. The van der Waals surface area contributed by atoms with E-state index in [1.807, 2.05) is 48.5 Å². The van der Waals surface area contributed by atoms with Crippen molar-refractivity contribution in [2.45, 2.75) is 25.4 Å². The van der Waals surface area contributed by atoms with Crippen LogP contribution in [0, 0.1) is 5.82 Å². The zero-order valence-corrected chi connectivity index (χ0v) is 22.4. The number of nitrogens with zero attached hydrogens (tertiary/aromatic N) is 6. The largest absolute Gasteiger partial charge is 0.445 e. The number of hydrogen-bond acceptors (Lipinski definition) is 7. The SMILES string of the molecule is [N-]=[N+]=NC[C@H]1CN(c2ccc(N(C(=O)OCc3ccccc3)C3CN(C(=O)OCc4ccccc4)C3)c(F)c2)C(=O)O1. The molecule has 2 fully saturated rings. The Hall–Kier alpha value is -5.29. The van der Waals surface area contributed by atoms with Crippen molar-refractivity contribution in [2.24, 2.45) is 5.11 Å². The third kappa shape index (κ3) is 6.53. The number of halogens is 1. The van der Waals surface area contributed by atoms with Gasteiger partial charge in [-0.05, 0) is 34.9 Å². The van der Waals surface area contributed by atoms with E-state index in [4.69, 9.17) is 19.7 Å². The van der Waals surface area contributed by atoms with E-state index in [0.717, 1.165) is 17.2 Å². The van der Waals surface area contributed by atoms with Crippen LogP contribution in [0.15, 0.2) is 84.0 Å². The van der Waals surface area contributed by atoms with Crippen molar-refractivity contribution in [1.82, 2.24) is 4.90 Å². The number of amides is 3. The van der Waals surface area contributed by atoms with Gasteiger partial charge in [-0.2, -0.15) is 0 Å². The lowest BCUT2D eigenvalue weighted by Crippen LogP contribution is -2.63. The number of carbonyl (C=O) groups is 3. The quantitative estimate of drug-likeness (QED) is 0.141. The molecular formula is C29H27FN6O6. The van der Waals surface area contributed by atoms with Crippen LogP contribution in [0.2, 0.25) is 0 Å². The Labute approximate surface area is 240 Å². The highest BCUT2D eigenvalue weighted by molar-refractivity contribution is 5.92. The van der Waals surface area contributed by atoms with E-state index in [0.29, 0.717) is 0 Å². The van der Waals surface area contributed by atoms with Gasteiger partial charge in [-0.1, -0.05) is 65.8 Å². The molecule has 0 aromatic heterocycles. The maximum Gasteiger partial charge on any atom is 0.415 e. The third-order valence-corrected chi connectivity index (χ3v) is 6.82. The lowest BCUT2D eigenvalue weighted by Gasteiger charge is -2.43. The van der Waals surface area contributed by atoms with Gasteiger partial charge in [0, 0.05) is 18.0 Å². The molecule has 42 heavy (non-hydrogen) atoms. The topological polar surface area (TPSA) is 137 Å². The second-order valence-electron chi connectivity index (χ2n) is 9.67. The zero-order chi connectivity index (χ0) is 29.5. The van der Waals surface area contributed by atoms with Crippen LogP contribution in [0.1, 0.15) is 11.1 Å². The van der Waals surface area contributed by atoms with Crippen molar-refractivity contribution >= 4 is 29.7 Å². The zero-order valence-electron chi connectivity index (χ0n) is 22.4. The molecule has 0 radical (unpaired) electrons. The van der Waals surface area contributed by atoms with Crippen molar-refractivity contribution in [1.29, 1.82) is 0 Å². The van der Waals surface area contributed by atoms with Gasteiger partial charge in [0.1, 0.15) is 25.1 Å². The van der Waals surface area contributed by atoms with Crippen LogP contribution in [0.4, 0.5) is 30.1 Å². The molecule has 0 N–H and O–H groups in total. The van der Waals surface area contributed by atoms with E-state index < -0.39 is 36.2 Å². The Balaban J connectivity index is 1.29. The van der Waals surface area contributed by atoms with E-state index in [1.165, 1.54) is 26.8 Å². The maximum absolute atomic E-state index is 15.6. The number of hydrogen-bond donors (Lipinski definition) is 0. The molecule has 0 spiro atoms. The molecule has 12 nitrogen and oxygen atoms in total. The van der Waals surface area contributed by atoms with Crippen LogP contribution in [0.25, 0.3) is 10.4 Å². The van der Waals surface area contributed by atoms with Gasteiger partial charge in [0.25, 0.3) is 0 Å². The molecule has 1 atom stereocenters. The van der Waals surface area contributed by atoms with Crippen LogP contribution >= 0.6 is 0 Å². The van der Waals surface area contributed by atoms with Gasteiger partial charge in [0.05, 0.1) is 30.5 Å². The van der Waals surface area contributed by atoms with E-state index in [9.17, 15) is 14.4 Å². The Morgan fingerprint density at radius 1 is 0.976 bits per heavy atom. The normalized spacial score (nSPS) is 16.2. The summed E-state index contributed by atoms with van der Waals surface area (Å²) in [5, 5.41) is 3.42. The molecule has 0 unspecified atom stereocenters. The number of ether oxygens (including phenoxy) is 3. The number of carbonyl (C=O) groups excluding carboxylic acids is 3. The van der Waals surface area contributed by atoms with Gasteiger partial charge in [-0.15, -0.1) is 0 Å². The first-order valence-electron chi connectivity index (χ1n) is 13.2. The summed E-state index contributed by atoms with van der Waals surface area (Å²) in [4.78, 5) is 44.7. The molecule has 2 aliphatic heterocycles. The highest BCUT2D eigenvalue weighted by Crippen LogP contribution is 2.32. The first-order chi connectivity index (χ1) is 20.4. The molecule has 3 aromatic carbocycles. The summed E-state index contributed by atoms with van der Waals surface area (Å²) >= 11 is 0. The fraction of sp³-hybridized carbons (Fsp3) is 0.276. The predicted octanol–water partition coefficient (Wildman–Crippen LogP) is 5.63. The Morgan fingerprint density at radius 3 is 2.24 bits per heavy atom. The molecule has 0 saturated carbocycles. The summed E-state index contributed by atoms with van der Waals surface area (Å²) in [6, 6.07) is 21.7. The molecule has 13 heteroatoms. The average molecular weight is 575 g/mol. The summed E-state index contributed by atoms with van der Waals surface area (Å²) in [7, 11) is 0. The van der Waals surface area contributed by atoms with E-state index in [2.05, 4.69) is 10.0 Å². The van der Waals surface area contributed by atoms with Crippen LogP contribution in [0.3, 0.4) is 0 Å². The van der Waals surface area contributed by atoms with Crippen LogP contribution in [0.5, 0.6) is 0 Å². The lowest BCUT2D eigenvalue weighted by molar-refractivity contribution is 0.0632. The Morgan fingerprint density at radius 2 is 1.62 bits per heavy atom. The molecule has 0 aliphatic carbocycles. The minimum absolute atomic E-state index is 0.0301. The van der Waals surface area contributed by atoms with E-state index in [-0.39, 0.29) is 50.8 Å². The number of rotatable bonds is 9. The lowest BCUT2D eigenvalue weighted by atomic mass is 10.1. The van der Waals surface area contributed by atoms with Gasteiger partial charge < -0.3 is 19.1 Å². The van der Waals surface area contributed by atoms with Gasteiger partial charge in [-0.25, -0.2) is 18.8 Å².